The van der Waals surface area contributed by atoms with Gasteiger partial charge < -0.3 is 15.7 Å². The van der Waals surface area contributed by atoms with Crippen LogP contribution in [-0.2, 0) is 0 Å². The Morgan fingerprint density at radius 1 is 1.31 bits per heavy atom. The largest absolute Gasteiger partial charge is 0.393 e. The van der Waals surface area contributed by atoms with Crippen molar-refractivity contribution >= 4 is 39.9 Å². The monoisotopic (exact) mass is 469 g/mol. The molecule has 1 heterocycles. The predicted octanol–water partition coefficient (Wildman–Crippen LogP) is 3.85. The number of carbonyl (C=O) groups excluding carboxylic acids is 1. The molecule has 1 aromatic carbocycles. The molecule has 1 fully saturated rings. The summed E-state index contributed by atoms with van der Waals surface area (Å²) in [5.41, 5.74) is 1.12. The number of nitrogens with zero attached hydrogens (tertiary/aromatic N) is 1. The minimum atomic E-state index is -0.398. The minimum Gasteiger partial charge on any atom is -0.393 e. The fraction of sp³-hybridized carbons (Fsp3) is 0.368. The van der Waals surface area contributed by atoms with Gasteiger partial charge in [-0.2, -0.15) is 0 Å². The molecule has 0 saturated heterocycles. The van der Waals surface area contributed by atoms with E-state index in [0.717, 1.165) is 22.8 Å². The van der Waals surface area contributed by atoms with Crippen LogP contribution in [0.25, 0.3) is 0 Å². The Kier molecular flexibility index (Phi) is 6.08. The smallest absolute Gasteiger partial charge is 0.253 e. The van der Waals surface area contributed by atoms with E-state index in [0.29, 0.717) is 11.3 Å². The molecule has 2 aromatic rings. The molecule has 0 radical (unpaired) electrons. The summed E-state index contributed by atoms with van der Waals surface area (Å²) in [5.74, 6) is -0.650. The van der Waals surface area contributed by atoms with Gasteiger partial charge in [-0.15, -0.1) is 0 Å². The molecule has 3 N–H and O–H groups in total. The van der Waals surface area contributed by atoms with Crippen LogP contribution < -0.4 is 10.6 Å². The van der Waals surface area contributed by atoms with E-state index in [1.807, 2.05) is 29.5 Å². The van der Waals surface area contributed by atoms with Gasteiger partial charge in [0.25, 0.3) is 5.91 Å². The van der Waals surface area contributed by atoms with Gasteiger partial charge in [0.05, 0.1) is 29.2 Å². The van der Waals surface area contributed by atoms with Crippen molar-refractivity contribution in [2.24, 2.45) is 5.92 Å². The van der Waals surface area contributed by atoms with Crippen LogP contribution in [0.1, 0.15) is 36.5 Å². The molecular weight excluding hydrogens is 448 g/mol. The van der Waals surface area contributed by atoms with Crippen molar-refractivity contribution in [1.82, 2.24) is 10.3 Å². The molecule has 3 rings (SSSR count). The average Bonchev–Trinajstić information content (AvgIpc) is 2.62. The topological polar surface area (TPSA) is 74.2 Å². The number of rotatable bonds is 4. The van der Waals surface area contributed by atoms with Crippen LogP contribution >= 0.6 is 22.6 Å². The van der Waals surface area contributed by atoms with Crippen molar-refractivity contribution in [3.8, 4) is 0 Å². The van der Waals surface area contributed by atoms with Crippen LogP contribution in [0.5, 0.6) is 0 Å². The van der Waals surface area contributed by atoms with Crippen LogP contribution in [-0.4, -0.2) is 28.1 Å². The number of anilines is 2. The molecule has 0 bridgehead atoms. The zero-order valence-electron chi connectivity index (χ0n) is 14.4. The first-order valence-corrected chi connectivity index (χ1v) is 9.68. The van der Waals surface area contributed by atoms with Gasteiger partial charge in [0.2, 0.25) is 0 Å². The number of pyridine rings is 1. The lowest BCUT2D eigenvalue weighted by Gasteiger charge is -2.33. The van der Waals surface area contributed by atoms with Crippen molar-refractivity contribution in [2.45, 2.75) is 38.3 Å². The molecule has 0 unspecified atom stereocenters. The normalized spacial score (nSPS) is 22.7. The van der Waals surface area contributed by atoms with Crippen LogP contribution in [0.3, 0.4) is 0 Å². The quantitative estimate of drug-likeness (QED) is 0.595. The molecule has 5 nitrogen and oxygen atoms in total. The molecule has 3 atom stereocenters. The van der Waals surface area contributed by atoms with E-state index < -0.39 is 11.9 Å². The predicted molar refractivity (Wildman–Crippen MR) is 107 cm³/mol. The van der Waals surface area contributed by atoms with Crippen molar-refractivity contribution in [3.05, 3.63) is 51.6 Å². The molecule has 1 amide bonds. The van der Waals surface area contributed by atoms with E-state index in [-0.39, 0.29) is 23.6 Å². The van der Waals surface area contributed by atoms with Crippen molar-refractivity contribution in [3.63, 3.8) is 0 Å². The van der Waals surface area contributed by atoms with Gasteiger partial charge in [-0.3, -0.25) is 9.78 Å². The SMILES string of the molecule is C[C@@H]1[C@@H](NC(=O)c2ccncc2Nc2ccc(I)cc2F)CCC[C@@H]1O. The van der Waals surface area contributed by atoms with Crippen LogP contribution in [0.2, 0.25) is 0 Å². The van der Waals surface area contributed by atoms with Crippen molar-refractivity contribution < 1.29 is 14.3 Å². The molecule has 26 heavy (non-hydrogen) atoms. The third-order valence-corrected chi connectivity index (χ3v) is 5.51. The zero-order chi connectivity index (χ0) is 18.7. The maximum Gasteiger partial charge on any atom is 0.253 e. The Hall–Kier alpha value is -1.74. The summed E-state index contributed by atoms with van der Waals surface area (Å²) in [6.45, 7) is 1.95. The molecule has 0 aliphatic heterocycles. The number of halogens is 2. The summed E-state index contributed by atoms with van der Waals surface area (Å²) in [4.78, 5) is 16.8. The second-order valence-electron chi connectivity index (χ2n) is 6.61. The lowest BCUT2D eigenvalue weighted by atomic mass is 9.83. The fourth-order valence-corrected chi connectivity index (χ4v) is 3.67. The lowest BCUT2D eigenvalue weighted by molar-refractivity contribution is 0.0531. The molecule has 7 heteroatoms. The van der Waals surface area contributed by atoms with Crippen molar-refractivity contribution in [1.29, 1.82) is 0 Å². The molecule has 1 aliphatic rings. The second-order valence-corrected chi connectivity index (χ2v) is 7.85. The van der Waals surface area contributed by atoms with E-state index >= 15 is 0 Å². The summed E-state index contributed by atoms with van der Waals surface area (Å²) in [6, 6.07) is 6.36. The minimum absolute atomic E-state index is 0.000380. The van der Waals surface area contributed by atoms with Crippen LogP contribution in [0.4, 0.5) is 15.8 Å². The summed E-state index contributed by atoms with van der Waals surface area (Å²) in [6.07, 6.45) is 5.12. The molecular formula is C19H21FIN3O2. The van der Waals surface area contributed by atoms with Gasteiger partial charge in [0, 0.05) is 21.7 Å². The number of amides is 1. The lowest BCUT2D eigenvalue weighted by Crippen LogP contribution is -2.46. The third-order valence-electron chi connectivity index (χ3n) is 4.84. The van der Waals surface area contributed by atoms with Gasteiger partial charge in [-0.1, -0.05) is 6.92 Å². The number of aliphatic hydroxyl groups is 1. The molecule has 0 spiro atoms. The number of aromatic nitrogens is 1. The summed E-state index contributed by atoms with van der Waals surface area (Å²) >= 11 is 2.04. The van der Waals surface area contributed by atoms with Crippen molar-refractivity contribution in [2.75, 3.05) is 5.32 Å². The Balaban J connectivity index is 1.79. The highest BCUT2D eigenvalue weighted by molar-refractivity contribution is 14.1. The number of aliphatic hydroxyl groups excluding tert-OH is 1. The van der Waals surface area contributed by atoms with E-state index in [1.54, 1.807) is 18.2 Å². The molecule has 1 aromatic heterocycles. The molecule has 1 aliphatic carbocycles. The Labute approximate surface area is 165 Å². The maximum absolute atomic E-state index is 14.1. The van der Waals surface area contributed by atoms with Gasteiger partial charge in [0.15, 0.2) is 0 Å². The van der Waals surface area contributed by atoms with Gasteiger partial charge in [0.1, 0.15) is 5.82 Å². The van der Waals surface area contributed by atoms with Gasteiger partial charge >= 0.3 is 0 Å². The Morgan fingerprint density at radius 2 is 2.12 bits per heavy atom. The van der Waals surface area contributed by atoms with Gasteiger partial charge in [-0.25, -0.2) is 4.39 Å². The molecule has 1 saturated carbocycles. The maximum atomic E-state index is 14.1. The summed E-state index contributed by atoms with van der Waals surface area (Å²) < 4.78 is 14.9. The van der Waals surface area contributed by atoms with E-state index in [1.165, 1.54) is 18.5 Å². The molecule has 138 valence electrons. The Bertz CT molecular complexity index is 802. The van der Waals surface area contributed by atoms with Crippen LogP contribution in [0, 0.1) is 15.3 Å². The highest BCUT2D eigenvalue weighted by atomic mass is 127. The number of nitrogens with one attached hydrogen (secondary N) is 2. The average molecular weight is 469 g/mol. The van der Waals surface area contributed by atoms with E-state index in [9.17, 15) is 14.3 Å². The number of hydrogen-bond donors (Lipinski definition) is 3. The first-order chi connectivity index (χ1) is 12.5. The highest BCUT2D eigenvalue weighted by Crippen LogP contribution is 2.27. The first kappa shape index (κ1) is 19.0. The summed E-state index contributed by atoms with van der Waals surface area (Å²) in [7, 11) is 0. The number of carbonyl (C=O) groups is 1. The van der Waals surface area contributed by atoms with E-state index in [4.69, 9.17) is 0 Å². The van der Waals surface area contributed by atoms with E-state index in [2.05, 4.69) is 15.6 Å². The van der Waals surface area contributed by atoms with Gasteiger partial charge in [-0.05, 0) is 66.1 Å². The standard InChI is InChI=1S/C19H21FIN3O2/c1-11-15(3-2-4-18(11)25)24-19(26)13-7-8-22-10-17(13)23-16-6-5-12(21)9-14(16)20/h5-11,15,18,23,25H,2-4H2,1H3,(H,24,26)/t11-,15+,18+/m1/s1. The zero-order valence-corrected chi connectivity index (χ0v) is 16.5. The second kappa shape index (κ2) is 8.30. The van der Waals surface area contributed by atoms with Crippen LogP contribution in [0.15, 0.2) is 36.7 Å². The highest BCUT2D eigenvalue weighted by Gasteiger charge is 2.30. The first-order valence-electron chi connectivity index (χ1n) is 8.60. The number of hydrogen-bond acceptors (Lipinski definition) is 4. The number of benzene rings is 1. The summed E-state index contributed by atoms with van der Waals surface area (Å²) in [5, 5.41) is 16.0. The third kappa shape index (κ3) is 4.32. The Morgan fingerprint density at radius 3 is 2.88 bits per heavy atom. The fourth-order valence-electron chi connectivity index (χ4n) is 3.22.